The van der Waals surface area contributed by atoms with Gasteiger partial charge in [0.05, 0.1) is 23.4 Å². The maximum absolute atomic E-state index is 14.0. The van der Waals surface area contributed by atoms with Gasteiger partial charge in [-0.3, -0.25) is 4.79 Å². The van der Waals surface area contributed by atoms with Gasteiger partial charge in [-0.2, -0.15) is 5.26 Å². The van der Waals surface area contributed by atoms with Crippen molar-refractivity contribution >= 4 is 23.2 Å². The molecular weight excluding hydrogens is 448 g/mol. The number of benzene rings is 3. The van der Waals surface area contributed by atoms with Gasteiger partial charge in [0.2, 0.25) is 11.9 Å². The molecule has 0 saturated carbocycles. The lowest BCUT2D eigenvalue weighted by atomic mass is 10.0. The summed E-state index contributed by atoms with van der Waals surface area (Å²) in [5.74, 6) is -0.695. The molecule has 1 aliphatic heterocycles. The number of nitriles is 1. The summed E-state index contributed by atoms with van der Waals surface area (Å²) in [5, 5.41) is 12.9. The van der Waals surface area contributed by atoms with Crippen molar-refractivity contribution < 1.29 is 13.6 Å². The molecule has 0 spiro atoms. The Morgan fingerprint density at radius 1 is 1.09 bits per heavy atom. The van der Waals surface area contributed by atoms with Gasteiger partial charge in [-0.05, 0) is 66.1 Å². The Kier molecular flexibility index (Phi) is 5.90. The van der Waals surface area contributed by atoms with Gasteiger partial charge in [0.15, 0.2) is 0 Å². The van der Waals surface area contributed by atoms with Crippen LogP contribution in [0.5, 0.6) is 0 Å². The molecule has 0 saturated heterocycles. The van der Waals surface area contributed by atoms with Gasteiger partial charge in [-0.1, -0.05) is 18.2 Å². The molecule has 1 aromatic heterocycles. The third kappa shape index (κ3) is 4.57. The van der Waals surface area contributed by atoms with Crippen LogP contribution in [0.3, 0.4) is 0 Å². The zero-order chi connectivity index (χ0) is 24.4. The lowest BCUT2D eigenvalue weighted by Crippen LogP contribution is -2.31. The van der Waals surface area contributed by atoms with Gasteiger partial charge < -0.3 is 10.2 Å². The van der Waals surface area contributed by atoms with Crippen LogP contribution < -0.4 is 10.2 Å². The number of carbonyl (C=O) groups excluding carboxylic acids is 1. The number of hydrogen-bond acceptors (Lipinski definition) is 5. The minimum atomic E-state index is -0.426. The van der Waals surface area contributed by atoms with E-state index in [4.69, 9.17) is 0 Å². The largest absolute Gasteiger partial charge is 0.324 e. The van der Waals surface area contributed by atoms with Gasteiger partial charge in [0.25, 0.3) is 0 Å². The highest BCUT2D eigenvalue weighted by molar-refractivity contribution is 5.98. The maximum atomic E-state index is 14.0. The van der Waals surface area contributed by atoms with Crippen molar-refractivity contribution in [2.45, 2.75) is 12.8 Å². The van der Waals surface area contributed by atoms with E-state index in [1.165, 1.54) is 18.2 Å². The second kappa shape index (κ2) is 9.31. The van der Waals surface area contributed by atoms with Gasteiger partial charge in [0, 0.05) is 24.0 Å². The van der Waals surface area contributed by atoms with Crippen LogP contribution in [-0.2, 0) is 17.6 Å². The summed E-state index contributed by atoms with van der Waals surface area (Å²) in [6.07, 6.45) is 2.09. The SMILES string of the molecule is N#Cc1cc(-c2ccnc(Nc3ccc(F)cc3)n2)cc2c1N(C(=O)Cc1ccccc1F)CC2. The predicted molar refractivity (Wildman–Crippen MR) is 128 cm³/mol. The average Bonchev–Trinajstić information content (AvgIpc) is 3.31. The quantitative estimate of drug-likeness (QED) is 0.438. The molecular formula is C27H19F2N5O. The first-order valence-corrected chi connectivity index (χ1v) is 11.0. The topological polar surface area (TPSA) is 81.9 Å². The first-order valence-electron chi connectivity index (χ1n) is 11.0. The van der Waals surface area contributed by atoms with Crippen molar-refractivity contribution in [1.29, 1.82) is 5.26 Å². The van der Waals surface area contributed by atoms with Crippen LogP contribution in [0, 0.1) is 23.0 Å². The van der Waals surface area contributed by atoms with E-state index in [2.05, 4.69) is 21.4 Å². The number of aromatic nitrogens is 2. The lowest BCUT2D eigenvalue weighted by Gasteiger charge is -2.19. The van der Waals surface area contributed by atoms with Gasteiger partial charge in [-0.25, -0.2) is 18.7 Å². The molecule has 4 aromatic rings. The van der Waals surface area contributed by atoms with E-state index in [1.54, 1.807) is 53.6 Å². The Morgan fingerprint density at radius 2 is 1.89 bits per heavy atom. The summed E-state index contributed by atoms with van der Waals surface area (Å²) < 4.78 is 27.2. The molecule has 35 heavy (non-hydrogen) atoms. The minimum Gasteiger partial charge on any atom is -0.324 e. The normalized spacial score (nSPS) is 12.2. The van der Waals surface area contributed by atoms with E-state index in [0.29, 0.717) is 52.7 Å². The maximum Gasteiger partial charge on any atom is 0.231 e. The predicted octanol–water partition coefficient (Wildman–Crippen LogP) is 5.17. The fourth-order valence-electron chi connectivity index (χ4n) is 4.17. The van der Waals surface area contributed by atoms with Crippen LogP contribution in [0.1, 0.15) is 16.7 Å². The highest BCUT2D eigenvalue weighted by Gasteiger charge is 2.29. The van der Waals surface area contributed by atoms with E-state index in [9.17, 15) is 18.8 Å². The van der Waals surface area contributed by atoms with Gasteiger partial charge >= 0.3 is 0 Å². The van der Waals surface area contributed by atoms with E-state index >= 15 is 0 Å². The number of anilines is 3. The summed E-state index contributed by atoms with van der Waals surface area (Å²) in [6.45, 7) is 0.419. The Bertz CT molecular complexity index is 1460. The molecule has 1 aliphatic rings. The number of hydrogen-bond donors (Lipinski definition) is 1. The third-order valence-corrected chi connectivity index (χ3v) is 5.84. The van der Waals surface area contributed by atoms with Crippen molar-refractivity contribution in [2.24, 2.45) is 0 Å². The number of carbonyl (C=O) groups is 1. The van der Waals surface area contributed by atoms with E-state index in [0.717, 1.165) is 5.56 Å². The molecule has 0 fully saturated rings. The van der Waals surface area contributed by atoms with Crippen molar-refractivity contribution in [3.8, 4) is 17.3 Å². The van der Waals surface area contributed by atoms with Crippen molar-refractivity contribution in [3.05, 3.63) is 101 Å². The highest BCUT2D eigenvalue weighted by Crippen LogP contribution is 2.36. The molecule has 0 aliphatic carbocycles. The Labute approximate surface area is 200 Å². The first kappa shape index (κ1) is 22.2. The number of amides is 1. The van der Waals surface area contributed by atoms with Crippen molar-refractivity contribution in [3.63, 3.8) is 0 Å². The minimum absolute atomic E-state index is 0.0803. The summed E-state index contributed by atoms with van der Waals surface area (Å²) in [4.78, 5) is 23.3. The number of rotatable bonds is 5. The molecule has 3 aromatic carbocycles. The second-order valence-corrected chi connectivity index (χ2v) is 8.10. The average molecular weight is 467 g/mol. The Hall–Kier alpha value is -4.64. The fraction of sp³-hybridized carbons (Fsp3) is 0.111. The van der Waals surface area contributed by atoms with Gasteiger partial charge in [-0.15, -0.1) is 0 Å². The number of nitrogens with zero attached hydrogens (tertiary/aromatic N) is 4. The molecule has 0 atom stereocenters. The monoisotopic (exact) mass is 467 g/mol. The van der Waals surface area contributed by atoms with Crippen molar-refractivity contribution in [2.75, 3.05) is 16.8 Å². The first-order chi connectivity index (χ1) is 17.0. The summed E-state index contributed by atoms with van der Waals surface area (Å²) >= 11 is 0. The van der Waals surface area contributed by atoms with Gasteiger partial charge in [0.1, 0.15) is 17.7 Å². The van der Waals surface area contributed by atoms with E-state index in [-0.39, 0.29) is 18.1 Å². The molecule has 0 unspecified atom stereocenters. The number of halogens is 2. The smallest absolute Gasteiger partial charge is 0.231 e. The molecule has 1 amide bonds. The van der Waals surface area contributed by atoms with Crippen LogP contribution in [-0.4, -0.2) is 22.4 Å². The standard InChI is InChI=1S/C27H19F2N5O/c28-21-5-7-22(8-6-21)32-27-31-11-9-24(33-27)19-13-18-10-12-34(26(18)20(14-19)16-30)25(35)15-17-3-1-2-4-23(17)29/h1-9,11,13-14H,10,12,15H2,(H,31,32,33). The zero-order valence-corrected chi connectivity index (χ0v) is 18.5. The van der Waals surface area contributed by atoms with Crippen LogP contribution in [0.4, 0.5) is 26.1 Å². The van der Waals surface area contributed by atoms with Crippen LogP contribution in [0.25, 0.3) is 11.3 Å². The van der Waals surface area contributed by atoms with E-state index in [1.807, 2.05) is 6.07 Å². The summed E-state index contributed by atoms with van der Waals surface area (Å²) in [5.41, 5.74) is 4.04. The molecule has 8 heteroatoms. The van der Waals surface area contributed by atoms with Crippen molar-refractivity contribution in [1.82, 2.24) is 9.97 Å². The zero-order valence-electron chi connectivity index (χ0n) is 18.5. The molecule has 1 N–H and O–H groups in total. The second-order valence-electron chi connectivity index (χ2n) is 8.10. The molecule has 172 valence electrons. The molecule has 6 nitrogen and oxygen atoms in total. The van der Waals surface area contributed by atoms with Crippen LogP contribution in [0.15, 0.2) is 72.9 Å². The fourth-order valence-corrected chi connectivity index (χ4v) is 4.17. The molecule has 0 bridgehead atoms. The molecule has 0 radical (unpaired) electrons. The van der Waals surface area contributed by atoms with Crippen LogP contribution in [0.2, 0.25) is 0 Å². The summed E-state index contributed by atoms with van der Waals surface area (Å²) in [7, 11) is 0. The number of nitrogens with one attached hydrogen (secondary N) is 1. The van der Waals surface area contributed by atoms with E-state index < -0.39 is 5.82 Å². The number of fused-ring (bicyclic) bond motifs is 1. The highest BCUT2D eigenvalue weighted by atomic mass is 19.1. The summed E-state index contributed by atoms with van der Waals surface area (Å²) in [6, 6.07) is 19.6. The third-order valence-electron chi connectivity index (χ3n) is 5.84. The van der Waals surface area contributed by atoms with Crippen LogP contribution >= 0.6 is 0 Å². The Balaban J connectivity index is 1.43. The molecule has 2 heterocycles. The Morgan fingerprint density at radius 3 is 2.66 bits per heavy atom. The molecule has 5 rings (SSSR count). The lowest BCUT2D eigenvalue weighted by molar-refractivity contribution is -0.117.